The zero-order chi connectivity index (χ0) is 30.2. The van der Waals surface area contributed by atoms with Gasteiger partial charge in [-0.05, 0) is 62.5 Å². The summed E-state index contributed by atoms with van der Waals surface area (Å²) < 4.78 is 31.3. The molecule has 3 fully saturated rings. The monoisotopic (exact) mass is 584 g/mol. The van der Waals surface area contributed by atoms with Crippen LogP contribution < -0.4 is 0 Å². The number of aliphatic hydroxyl groups is 1. The quantitative estimate of drug-likeness (QED) is 0.336. The number of hydrogen-bond acceptors (Lipinski definition) is 8. The van der Waals surface area contributed by atoms with Crippen molar-refractivity contribution in [3.63, 3.8) is 0 Å². The van der Waals surface area contributed by atoms with Crippen molar-refractivity contribution in [2.75, 3.05) is 6.61 Å². The predicted molar refractivity (Wildman–Crippen MR) is 157 cm³/mol. The third-order valence-electron chi connectivity index (χ3n) is 9.76. The first kappa shape index (κ1) is 31.2. The second-order valence-electron chi connectivity index (χ2n) is 13.2. The van der Waals surface area contributed by atoms with E-state index in [0.29, 0.717) is 36.3 Å². The Morgan fingerprint density at radius 3 is 2.71 bits per heavy atom. The minimum Gasteiger partial charge on any atom is -0.462 e. The molecule has 5 aliphatic rings. The van der Waals surface area contributed by atoms with Gasteiger partial charge in [0.25, 0.3) is 0 Å². The fraction of sp³-hybridized carbons (Fsp3) is 0.706. The fourth-order valence-corrected chi connectivity index (χ4v) is 7.54. The molecule has 0 aromatic heterocycles. The van der Waals surface area contributed by atoms with Crippen molar-refractivity contribution >= 4 is 11.9 Å². The first-order valence-electron chi connectivity index (χ1n) is 15.7. The van der Waals surface area contributed by atoms with Gasteiger partial charge in [-0.3, -0.25) is 9.59 Å². The van der Waals surface area contributed by atoms with Gasteiger partial charge in [0.1, 0.15) is 23.7 Å². The van der Waals surface area contributed by atoms with Crippen LogP contribution in [0.2, 0.25) is 0 Å². The first-order chi connectivity index (χ1) is 19.9. The minimum absolute atomic E-state index is 0.0866. The fourth-order valence-electron chi connectivity index (χ4n) is 7.54. The molecule has 1 N–H and O–H groups in total. The van der Waals surface area contributed by atoms with Gasteiger partial charge in [0, 0.05) is 26.2 Å². The zero-order valence-electron chi connectivity index (χ0n) is 26.0. The van der Waals surface area contributed by atoms with Gasteiger partial charge in [0.15, 0.2) is 11.9 Å². The van der Waals surface area contributed by atoms with E-state index in [0.717, 1.165) is 25.7 Å². The SMILES string of the molecule is CC[C@H]1O[C@]2(CC[C@@H]1C)C[C@@H]1C[C@@H](C/C=C(\C)C[C@@H](C)/C=C/C=C3\CO[C@@H]4[C@H](OC(C)=O)C(C)=C[C@@H](C(=O)O1)[C@]34O)O2. The van der Waals surface area contributed by atoms with E-state index in [2.05, 4.69) is 39.8 Å². The highest BCUT2D eigenvalue weighted by Gasteiger charge is 2.61. The van der Waals surface area contributed by atoms with Crippen molar-refractivity contribution in [3.05, 3.63) is 47.1 Å². The molecule has 0 aromatic carbocycles. The summed E-state index contributed by atoms with van der Waals surface area (Å²) in [5.74, 6) is -2.11. The van der Waals surface area contributed by atoms with Crippen LogP contribution in [0.5, 0.6) is 0 Å². The second kappa shape index (κ2) is 12.4. The van der Waals surface area contributed by atoms with E-state index in [1.165, 1.54) is 12.5 Å². The molecule has 10 atom stereocenters. The van der Waals surface area contributed by atoms with Gasteiger partial charge in [-0.2, -0.15) is 0 Å². The zero-order valence-corrected chi connectivity index (χ0v) is 26.0. The molecular formula is C34H48O8. The van der Waals surface area contributed by atoms with Crippen LogP contribution in [0.3, 0.4) is 0 Å². The topological polar surface area (TPSA) is 101 Å². The maximum Gasteiger partial charge on any atom is 0.316 e. The molecule has 0 amide bonds. The summed E-state index contributed by atoms with van der Waals surface area (Å²) in [6.07, 6.45) is 12.8. The molecule has 8 nitrogen and oxygen atoms in total. The maximum atomic E-state index is 14.1. The average Bonchev–Trinajstić information content (AvgIpc) is 3.26. The molecule has 1 spiro atoms. The number of esters is 2. The normalized spacial score (nSPS) is 45.9. The van der Waals surface area contributed by atoms with E-state index in [1.807, 2.05) is 12.2 Å². The maximum absolute atomic E-state index is 14.1. The van der Waals surface area contributed by atoms with Crippen LogP contribution in [0.15, 0.2) is 47.1 Å². The lowest BCUT2D eigenvalue weighted by Crippen LogP contribution is -2.59. The number of hydrogen-bond donors (Lipinski definition) is 1. The van der Waals surface area contributed by atoms with Gasteiger partial charge in [0.2, 0.25) is 0 Å². The smallest absolute Gasteiger partial charge is 0.316 e. The summed E-state index contributed by atoms with van der Waals surface area (Å²) in [5, 5.41) is 12.3. The van der Waals surface area contributed by atoms with Crippen molar-refractivity contribution < 1.29 is 38.4 Å². The molecule has 2 bridgehead atoms. The summed E-state index contributed by atoms with van der Waals surface area (Å²) in [6, 6.07) is 0. The molecule has 3 saturated heterocycles. The summed E-state index contributed by atoms with van der Waals surface area (Å²) in [4.78, 5) is 26.0. The van der Waals surface area contributed by atoms with Gasteiger partial charge in [-0.1, -0.05) is 56.7 Å². The van der Waals surface area contributed by atoms with Gasteiger partial charge in [-0.15, -0.1) is 0 Å². The Bertz CT molecular complexity index is 1170. The van der Waals surface area contributed by atoms with Gasteiger partial charge < -0.3 is 28.8 Å². The van der Waals surface area contributed by atoms with Crippen LogP contribution >= 0.6 is 0 Å². The Hall–Kier alpha value is -2.26. The molecule has 5 rings (SSSR count). The Labute approximate surface area is 250 Å². The summed E-state index contributed by atoms with van der Waals surface area (Å²) >= 11 is 0. The van der Waals surface area contributed by atoms with Crippen molar-refractivity contribution in [2.45, 2.75) is 128 Å². The van der Waals surface area contributed by atoms with Crippen molar-refractivity contribution in [2.24, 2.45) is 17.8 Å². The molecule has 0 unspecified atom stereocenters. The highest BCUT2D eigenvalue weighted by molar-refractivity contribution is 5.79. The summed E-state index contributed by atoms with van der Waals surface area (Å²) in [7, 11) is 0. The van der Waals surface area contributed by atoms with E-state index >= 15 is 0 Å². The molecule has 0 saturated carbocycles. The highest BCUT2D eigenvalue weighted by atomic mass is 16.7. The molecule has 1 aliphatic carbocycles. The highest BCUT2D eigenvalue weighted by Crippen LogP contribution is 2.48. The van der Waals surface area contributed by atoms with Crippen LogP contribution in [-0.4, -0.2) is 65.6 Å². The summed E-state index contributed by atoms with van der Waals surface area (Å²) in [6.45, 7) is 11.9. The van der Waals surface area contributed by atoms with Crippen molar-refractivity contribution in [1.29, 1.82) is 0 Å². The lowest BCUT2D eigenvalue weighted by Gasteiger charge is -2.50. The second-order valence-corrected chi connectivity index (χ2v) is 13.2. The van der Waals surface area contributed by atoms with Crippen LogP contribution in [0.4, 0.5) is 0 Å². The molecule has 0 radical (unpaired) electrons. The van der Waals surface area contributed by atoms with E-state index < -0.39 is 47.6 Å². The van der Waals surface area contributed by atoms with Crippen molar-refractivity contribution in [3.8, 4) is 0 Å². The molecule has 232 valence electrons. The first-order valence-corrected chi connectivity index (χ1v) is 15.7. The van der Waals surface area contributed by atoms with Crippen molar-refractivity contribution in [1.82, 2.24) is 0 Å². The summed E-state index contributed by atoms with van der Waals surface area (Å²) in [5.41, 5.74) is 0.769. The lowest BCUT2D eigenvalue weighted by atomic mass is 9.70. The Balaban J connectivity index is 1.53. The number of fused-ring (bicyclic) bond motifs is 2. The minimum atomic E-state index is -1.72. The van der Waals surface area contributed by atoms with Crippen LogP contribution in [0.1, 0.15) is 86.5 Å². The Morgan fingerprint density at radius 1 is 1.19 bits per heavy atom. The molecule has 8 heteroatoms. The van der Waals surface area contributed by atoms with Gasteiger partial charge >= 0.3 is 11.9 Å². The molecule has 4 aliphatic heterocycles. The molecule has 42 heavy (non-hydrogen) atoms. The number of ether oxygens (including phenoxy) is 5. The third kappa shape index (κ3) is 6.19. The Kier molecular flexibility index (Phi) is 9.19. The van der Waals surface area contributed by atoms with Gasteiger partial charge in [0.05, 0.1) is 18.8 Å². The lowest BCUT2D eigenvalue weighted by molar-refractivity contribution is -0.335. The molecule has 4 heterocycles. The van der Waals surface area contributed by atoms with E-state index in [-0.39, 0.29) is 24.7 Å². The number of allylic oxidation sites excluding steroid dienone is 4. The number of rotatable bonds is 2. The number of carbonyl (C=O) groups excluding carboxylic acids is 2. The Morgan fingerprint density at radius 2 is 1.98 bits per heavy atom. The van der Waals surface area contributed by atoms with E-state index in [9.17, 15) is 14.7 Å². The molecule has 0 aromatic rings. The van der Waals surface area contributed by atoms with Crippen LogP contribution in [0.25, 0.3) is 0 Å². The standard InChI is InChI=1S/C34H48O8/c1-7-29-22(4)13-14-33(42-29)18-27-17-26(41-33)12-11-21(3)15-20(2)9-8-10-25-19-38-31-30(39-24(6)35)23(5)16-28(32(36)40-27)34(25,31)37/h8-11,16,20,22,26-31,37H,7,12-15,17-19H2,1-6H3/b9-8+,21-11+,25-10+/t20-,22-,26+,27-,28-,29+,30+,31+,33+,34+/m0/s1. The van der Waals surface area contributed by atoms with E-state index in [4.69, 9.17) is 23.7 Å². The largest absolute Gasteiger partial charge is 0.462 e. The predicted octanol–water partition coefficient (Wildman–Crippen LogP) is 5.50. The van der Waals surface area contributed by atoms with Crippen LogP contribution in [-0.2, 0) is 33.3 Å². The van der Waals surface area contributed by atoms with E-state index in [1.54, 1.807) is 13.0 Å². The van der Waals surface area contributed by atoms with Crippen LogP contribution in [0, 0.1) is 17.8 Å². The van der Waals surface area contributed by atoms with Gasteiger partial charge in [-0.25, -0.2) is 0 Å². The number of carbonyl (C=O) groups is 2. The average molecular weight is 585 g/mol. The molecular weight excluding hydrogens is 536 g/mol. The third-order valence-corrected chi connectivity index (χ3v) is 9.76.